The van der Waals surface area contributed by atoms with Crippen molar-refractivity contribution in [3.63, 3.8) is 0 Å². The fourth-order valence-corrected chi connectivity index (χ4v) is 1.72. The van der Waals surface area contributed by atoms with Crippen LogP contribution in [0, 0.1) is 0 Å². The van der Waals surface area contributed by atoms with Crippen LogP contribution in [0.25, 0.3) is 5.57 Å². The Kier molecular flexibility index (Phi) is 4.23. The van der Waals surface area contributed by atoms with E-state index in [-0.39, 0.29) is 0 Å². The quantitative estimate of drug-likeness (QED) is 0.727. The van der Waals surface area contributed by atoms with Crippen LogP contribution in [0.15, 0.2) is 18.2 Å². The summed E-state index contributed by atoms with van der Waals surface area (Å²) in [4.78, 5) is 0. The Morgan fingerprint density at radius 3 is 2.19 bits per heavy atom. The van der Waals surface area contributed by atoms with E-state index in [2.05, 4.69) is 48.0 Å². The largest absolute Gasteiger partial charge is 0.388 e. The third kappa shape index (κ3) is 2.30. The molecule has 3 nitrogen and oxygen atoms in total. The molecule has 1 aromatic rings. The highest BCUT2D eigenvalue weighted by atomic mass is 14.9. The minimum absolute atomic E-state index is 1.10. The van der Waals surface area contributed by atoms with Crippen LogP contribution in [0.2, 0.25) is 0 Å². The normalized spacial score (nSPS) is 11.2. The first-order valence-corrected chi connectivity index (χ1v) is 5.52. The van der Waals surface area contributed by atoms with Crippen molar-refractivity contribution in [2.75, 3.05) is 37.1 Å². The zero-order chi connectivity index (χ0) is 12.1. The summed E-state index contributed by atoms with van der Waals surface area (Å²) in [5.74, 6) is 0. The van der Waals surface area contributed by atoms with Crippen molar-refractivity contribution in [3.8, 4) is 0 Å². The smallest absolute Gasteiger partial charge is 0.0650 e. The number of anilines is 3. The van der Waals surface area contributed by atoms with Crippen molar-refractivity contribution in [2.24, 2.45) is 0 Å². The first kappa shape index (κ1) is 12.4. The van der Waals surface area contributed by atoms with Crippen molar-refractivity contribution in [2.45, 2.75) is 13.8 Å². The van der Waals surface area contributed by atoms with Gasteiger partial charge in [-0.2, -0.15) is 0 Å². The number of rotatable bonds is 4. The summed E-state index contributed by atoms with van der Waals surface area (Å²) < 4.78 is 0. The minimum Gasteiger partial charge on any atom is -0.388 e. The molecular formula is C13H21N3. The van der Waals surface area contributed by atoms with Gasteiger partial charge in [0.25, 0.3) is 0 Å². The summed E-state index contributed by atoms with van der Waals surface area (Å²) >= 11 is 0. The summed E-state index contributed by atoms with van der Waals surface area (Å²) in [5, 5.41) is 9.64. The average Bonchev–Trinajstić information content (AvgIpc) is 2.35. The predicted molar refractivity (Wildman–Crippen MR) is 74.4 cm³/mol. The van der Waals surface area contributed by atoms with E-state index >= 15 is 0 Å². The van der Waals surface area contributed by atoms with Gasteiger partial charge in [-0.05, 0) is 31.6 Å². The van der Waals surface area contributed by atoms with Gasteiger partial charge in [-0.3, -0.25) is 0 Å². The van der Waals surface area contributed by atoms with Crippen molar-refractivity contribution >= 4 is 22.6 Å². The van der Waals surface area contributed by atoms with E-state index in [1.165, 1.54) is 11.1 Å². The van der Waals surface area contributed by atoms with E-state index in [0.29, 0.717) is 0 Å². The van der Waals surface area contributed by atoms with Gasteiger partial charge in [-0.1, -0.05) is 6.08 Å². The molecule has 0 aliphatic carbocycles. The third-order valence-electron chi connectivity index (χ3n) is 2.80. The van der Waals surface area contributed by atoms with Gasteiger partial charge in [0.05, 0.1) is 11.4 Å². The minimum atomic E-state index is 1.10. The second-order valence-electron chi connectivity index (χ2n) is 3.67. The number of allylic oxidation sites excluding steroid dienone is 2. The molecule has 3 N–H and O–H groups in total. The van der Waals surface area contributed by atoms with Crippen LogP contribution in [-0.2, 0) is 0 Å². The lowest BCUT2D eigenvalue weighted by Gasteiger charge is -2.17. The van der Waals surface area contributed by atoms with E-state index in [9.17, 15) is 0 Å². The molecule has 0 bridgehead atoms. The molecule has 0 fully saturated rings. The molecular weight excluding hydrogens is 198 g/mol. The molecule has 88 valence electrons. The molecule has 0 saturated heterocycles. The Balaban J connectivity index is 3.43. The molecule has 1 aromatic carbocycles. The van der Waals surface area contributed by atoms with Crippen molar-refractivity contribution in [3.05, 3.63) is 23.8 Å². The number of benzene rings is 1. The zero-order valence-corrected chi connectivity index (χ0v) is 10.7. The predicted octanol–water partition coefficient (Wildman–Crippen LogP) is 3.23. The van der Waals surface area contributed by atoms with E-state index in [1.54, 1.807) is 0 Å². The lowest BCUT2D eigenvalue weighted by atomic mass is 10.0. The summed E-state index contributed by atoms with van der Waals surface area (Å²) in [6.45, 7) is 4.18. The molecule has 0 saturated carbocycles. The number of nitrogens with one attached hydrogen (secondary N) is 3. The van der Waals surface area contributed by atoms with E-state index in [1.807, 2.05) is 21.1 Å². The lowest BCUT2D eigenvalue weighted by molar-refractivity contribution is 1.40. The fourth-order valence-electron chi connectivity index (χ4n) is 1.72. The molecule has 0 aromatic heterocycles. The molecule has 1 rings (SSSR count). The van der Waals surface area contributed by atoms with Crippen molar-refractivity contribution in [1.29, 1.82) is 0 Å². The molecule has 0 amide bonds. The molecule has 0 unspecified atom stereocenters. The maximum atomic E-state index is 3.25. The molecule has 3 heteroatoms. The van der Waals surface area contributed by atoms with Gasteiger partial charge in [0.15, 0.2) is 0 Å². The van der Waals surface area contributed by atoms with Gasteiger partial charge in [0.1, 0.15) is 0 Å². The van der Waals surface area contributed by atoms with Crippen LogP contribution in [-0.4, -0.2) is 21.1 Å². The second-order valence-corrected chi connectivity index (χ2v) is 3.67. The van der Waals surface area contributed by atoms with Gasteiger partial charge in [-0.25, -0.2) is 0 Å². The summed E-state index contributed by atoms with van der Waals surface area (Å²) in [5.41, 5.74) is 5.83. The number of hydrogen-bond donors (Lipinski definition) is 3. The van der Waals surface area contributed by atoms with Crippen molar-refractivity contribution in [1.82, 2.24) is 0 Å². The van der Waals surface area contributed by atoms with Gasteiger partial charge < -0.3 is 16.0 Å². The molecule has 0 atom stereocenters. The molecule has 0 radical (unpaired) electrons. The highest BCUT2D eigenvalue weighted by Gasteiger charge is 2.09. The standard InChI is InChI=1S/C13H21N3/c1-6-9(2)11-7-10(14-3)8-12(15-4)13(11)16-5/h6-8,14-16H,1-5H3/b9-6-. The topological polar surface area (TPSA) is 36.1 Å². The molecule has 0 spiro atoms. The Hall–Kier alpha value is -1.64. The fraction of sp³-hybridized carbons (Fsp3) is 0.385. The van der Waals surface area contributed by atoms with Crippen LogP contribution < -0.4 is 16.0 Å². The number of hydrogen-bond acceptors (Lipinski definition) is 3. The van der Waals surface area contributed by atoms with Crippen LogP contribution in [0.1, 0.15) is 19.4 Å². The van der Waals surface area contributed by atoms with Gasteiger partial charge in [0, 0.05) is 32.4 Å². The summed E-state index contributed by atoms with van der Waals surface area (Å²) in [7, 11) is 5.81. The summed E-state index contributed by atoms with van der Waals surface area (Å²) in [6.07, 6.45) is 2.12. The van der Waals surface area contributed by atoms with Gasteiger partial charge in [0.2, 0.25) is 0 Å². The van der Waals surface area contributed by atoms with Crippen LogP contribution in [0.3, 0.4) is 0 Å². The summed E-state index contributed by atoms with van der Waals surface area (Å²) in [6, 6.07) is 4.25. The Morgan fingerprint density at radius 2 is 1.75 bits per heavy atom. The Morgan fingerprint density at radius 1 is 1.06 bits per heavy atom. The first-order chi connectivity index (χ1) is 7.67. The van der Waals surface area contributed by atoms with Gasteiger partial charge >= 0.3 is 0 Å². The molecule has 0 heterocycles. The Labute approximate surface area is 97.9 Å². The zero-order valence-electron chi connectivity index (χ0n) is 10.7. The van der Waals surface area contributed by atoms with Crippen molar-refractivity contribution < 1.29 is 0 Å². The maximum absolute atomic E-state index is 3.25. The van der Waals surface area contributed by atoms with Gasteiger partial charge in [-0.15, -0.1) is 0 Å². The van der Waals surface area contributed by atoms with Crippen LogP contribution >= 0.6 is 0 Å². The lowest BCUT2D eigenvalue weighted by Crippen LogP contribution is -2.02. The SMILES string of the molecule is C/C=C(/C)c1cc(NC)cc(NC)c1NC. The van der Waals surface area contributed by atoms with E-state index < -0.39 is 0 Å². The molecule has 0 aliphatic heterocycles. The average molecular weight is 219 g/mol. The monoisotopic (exact) mass is 219 g/mol. The third-order valence-corrected chi connectivity index (χ3v) is 2.80. The molecule has 0 aliphatic rings. The molecule has 16 heavy (non-hydrogen) atoms. The van der Waals surface area contributed by atoms with E-state index in [0.717, 1.165) is 17.1 Å². The van der Waals surface area contributed by atoms with Crippen LogP contribution in [0.5, 0.6) is 0 Å². The van der Waals surface area contributed by atoms with Crippen LogP contribution in [0.4, 0.5) is 17.1 Å². The van der Waals surface area contributed by atoms with E-state index in [4.69, 9.17) is 0 Å². The highest BCUT2D eigenvalue weighted by Crippen LogP contribution is 2.34. The second kappa shape index (κ2) is 5.45. The maximum Gasteiger partial charge on any atom is 0.0650 e. The Bertz CT molecular complexity index is 394. The highest BCUT2D eigenvalue weighted by molar-refractivity contribution is 5.87. The first-order valence-electron chi connectivity index (χ1n) is 5.52.